The van der Waals surface area contributed by atoms with Crippen molar-refractivity contribution < 1.29 is 4.42 Å². The first kappa shape index (κ1) is 41.0. The topological polar surface area (TPSA) is 113 Å². The highest BCUT2D eigenvalue weighted by atomic mass is 16.3. The molecule has 0 spiro atoms. The van der Waals surface area contributed by atoms with E-state index in [0.717, 1.165) is 82.8 Å². The summed E-state index contributed by atoms with van der Waals surface area (Å²) in [4.78, 5) is 23.1. The van der Waals surface area contributed by atoms with Crippen molar-refractivity contribution in [1.82, 2.24) is 19.5 Å². The minimum absolute atomic E-state index is 0.368. The van der Waals surface area contributed by atoms with Crippen LogP contribution in [0.4, 0.5) is 11.4 Å². The second-order valence-electron chi connectivity index (χ2n) is 16.8. The summed E-state index contributed by atoms with van der Waals surface area (Å²) in [7, 11) is 0. The lowest BCUT2D eigenvalue weighted by molar-refractivity contribution is 0.670. The first-order valence-electron chi connectivity index (χ1n) is 22.3. The quantitative estimate of drug-likeness (QED) is 0.147. The normalized spacial score (nSPS) is 11.1. The van der Waals surface area contributed by atoms with E-state index in [9.17, 15) is 10.5 Å². The molecule has 0 fully saturated rings. The monoisotopic (exact) mass is 892 g/mol. The fourth-order valence-corrected chi connectivity index (χ4v) is 9.48. The van der Waals surface area contributed by atoms with Gasteiger partial charge < -0.3 is 8.98 Å². The van der Waals surface area contributed by atoms with Gasteiger partial charge in [0.25, 0.3) is 0 Å². The smallest absolute Gasteiger partial charge is 0.196 e. The Labute approximate surface area is 401 Å². The van der Waals surface area contributed by atoms with Crippen LogP contribution < -0.4 is 0 Å². The molecule has 0 aliphatic rings. The summed E-state index contributed by atoms with van der Waals surface area (Å²) >= 11 is 0. The molecule has 0 atom stereocenters. The summed E-state index contributed by atoms with van der Waals surface area (Å²) in [6, 6.07) is 67.5. The van der Waals surface area contributed by atoms with Crippen LogP contribution in [0.15, 0.2) is 199 Å². The molecule has 9 aromatic carbocycles. The Morgan fingerprint density at radius 1 is 0.443 bits per heavy atom. The lowest BCUT2D eigenvalue weighted by Gasteiger charge is -2.17. The van der Waals surface area contributed by atoms with Crippen molar-refractivity contribution in [2.45, 2.75) is 0 Å². The molecule has 0 unspecified atom stereocenters. The molecule has 0 saturated carbocycles. The van der Waals surface area contributed by atoms with Gasteiger partial charge in [0, 0.05) is 54.9 Å². The van der Waals surface area contributed by atoms with Crippen molar-refractivity contribution in [2.75, 3.05) is 0 Å². The molecule has 70 heavy (non-hydrogen) atoms. The number of aromatic nitrogens is 4. The minimum atomic E-state index is 0.368. The van der Waals surface area contributed by atoms with Crippen LogP contribution in [-0.4, -0.2) is 19.5 Å². The SMILES string of the molecule is [C-]#[N+]c1ccc(-c2ccc3c4ccc(-c5ccc(C#N)cc5[N+]#[C-])cc4n(-c4ccc(-c5cccc6c5oc5ccccc56)cc4-c4nc(-c5ccccc5)nc(-c5ccccc5)n4)c3c2)c(C#N)c1. The van der Waals surface area contributed by atoms with Gasteiger partial charge in [-0.05, 0) is 76.3 Å². The molecule has 12 rings (SSSR count). The molecule has 0 radical (unpaired) electrons. The Morgan fingerprint density at radius 2 is 1.06 bits per heavy atom. The first-order valence-corrected chi connectivity index (χ1v) is 22.3. The summed E-state index contributed by atoms with van der Waals surface area (Å²) < 4.78 is 8.81. The van der Waals surface area contributed by atoms with Crippen molar-refractivity contribution in [3.63, 3.8) is 0 Å². The average molecular weight is 893 g/mol. The molecule has 9 nitrogen and oxygen atoms in total. The van der Waals surface area contributed by atoms with Crippen LogP contribution in [-0.2, 0) is 0 Å². The maximum atomic E-state index is 10.4. The van der Waals surface area contributed by atoms with E-state index in [-0.39, 0.29) is 0 Å². The summed E-state index contributed by atoms with van der Waals surface area (Å²) in [5.74, 6) is 1.45. The van der Waals surface area contributed by atoms with Gasteiger partial charge in [-0.15, -0.1) is 0 Å². The fraction of sp³-hybridized carbons (Fsp3) is 0. The van der Waals surface area contributed by atoms with Gasteiger partial charge in [-0.3, -0.25) is 0 Å². The number of rotatable bonds is 7. The molecule has 9 heteroatoms. The lowest BCUT2D eigenvalue weighted by Crippen LogP contribution is -2.04. The van der Waals surface area contributed by atoms with Crippen LogP contribution in [0.1, 0.15) is 11.1 Å². The molecule has 0 saturated heterocycles. The first-order chi connectivity index (χ1) is 34.5. The third kappa shape index (κ3) is 6.88. The number of para-hydroxylation sites is 2. The van der Waals surface area contributed by atoms with E-state index in [0.29, 0.717) is 56.7 Å². The summed E-state index contributed by atoms with van der Waals surface area (Å²) in [5, 5.41) is 24.0. The highest BCUT2D eigenvalue weighted by molar-refractivity contribution is 6.13. The molecular formula is C61H32N8O. The standard InChI is InChI=1S/C61H32N8O/c1-64-44-24-28-45(43(31-44)36-63)41-21-26-48-49-27-22-42(46-25-20-37(35-62)30-53(46)65-2)34-56(49)69(55(48)33-41)54-29-23-40(47-17-11-18-51-50-16-9-10-19-57(50)70-58(47)51)32-52(54)61-67-59(38-12-5-3-6-13-38)66-60(68-61)39-14-7-4-8-15-39/h3-34H. The van der Waals surface area contributed by atoms with Crippen molar-refractivity contribution in [1.29, 1.82) is 10.5 Å². The van der Waals surface area contributed by atoms with Crippen LogP contribution in [0.3, 0.4) is 0 Å². The lowest BCUT2D eigenvalue weighted by atomic mass is 9.98. The second-order valence-corrected chi connectivity index (χ2v) is 16.8. The summed E-state index contributed by atoms with van der Waals surface area (Å²) in [6.07, 6.45) is 0. The Kier molecular flexibility index (Phi) is 9.82. The van der Waals surface area contributed by atoms with Gasteiger partial charge in [0.2, 0.25) is 0 Å². The number of nitrogens with zero attached hydrogens (tertiary/aromatic N) is 8. The molecule has 0 N–H and O–H groups in total. The third-order valence-corrected chi connectivity index (χ3v) is 12.8. The van der Waals surface area contributed by atoms with Crippen molar-refractivity contribution in [3.8, 4) is 85.4 Å². The fourth-order valence-electron chi connectivity index (χ4n) is 9.48. The van der Waals surface area contributed by atoms with E-state index in [2.05, 4.69) is 87.1 Å². The van der Waals surface area contributed by atoms with Gasteiger partial charge in [-0.2, -0.15) is 10.5 Å². The molecule has 12 aromatic rings. The van der Waals surface area contributed by atoms with Crippen molar-refractivity contribution in [3.05, 3.63) is 228 Å². The van der Waals surface area contributed by atoms with Gasteiger partial charge in [0.05, 0.1) is 42.0 Å². The zero-order valence-corrected chi connectivity index (χ0v) is 37.0. The Hall–Kier alpha value is -10.5. The minimum Gasteiger partial charge on any atom is -0.455 e. The van der Waals surface area contributed by atoms with Crippen molar-refractivity contribution >= 4 is 55.1 Å². The van der Waals surface area contributed by atoms with Crippen molar-refractivity contribution in [2.24, 2.45) is 0 Å². The Morgan fingerprint density at radius 3 is 1.73 bits per heavy atom. The number of benzene rings is 9. The zero-order valence-electron chi connectivity index (χ0n) is 37.0. The predicted octanol–water partition coefficient (Wildman–Crippen LogP) is 15.7. The van der Waals surface area contributed by atoms with E-state index in [4.69, 9.17) is 32.5 Å². The maximum Gasteiger partial charge on any atom is 0.196 e. The van der Waals surface area contributed by atoms with Crippen LogP contribution in [0.2, 0.25) is 0 Å². The number of hydrogen-bond donors (Lipinski definition) is 0. The van der Waals surface area contributed by atoms with E-state index >= 15 is 0 Å². The van der Waals surface area contributed by atoms with Gasteiger partial charge >= 0.3 is 0 Å². The van der Waals surface area contributed by atoms with Gasteiger partial charge in [-0.1, -0.05) is 146 Å². The van der Waals surface area contributed by atoms with E-state index in [1.807, 2.05) is 109 Å². The second kappa shape index (κ2) is 16.8. The number of nitriles is 2. The summed E-state index contributed by atoms with van der Waals surface area (Å²) in [6.45, 7) is 15.7. The van der Waals surface area contributed by atoms with Crippen LogP contribution in [0.25, 0.3) is 127 Å². The Bertz CT molecular complexity index is 4100. The summed E-state index contributed by atoms with van der Waals surface area (Å²) in [5.41, 5.74) is 12.6. The van der Waals surface area contributed by atoms with E-state index < -0.39 is 0 Å². The third-order valence-electron chi connectivity index (χ3n) is 12.8. The number of fused-ring (bicyclic) bond motifs is 6. The highest BCUT2D eigenvalue weighted by Gasteiger charge is 2.23. The molecular weight excluding hydrogens is 861 g/mol. The van der Waals surface area contributed by atoms with Crippen LogP contribution in [0, 0.1) is 35.8 Å². The molecule has 322 valence electrons. The number of furan rings is 1. The molecule has 0 amide bonds. The molecule has 3 aromatic heterocycles. The Balaban J connectivity index is 1.20. The van der Waals surface area contributed by atoms with E-state index in [1.54, 1.807) is 24.3 Å². The van der Waals surface area contributed by atoms with Gasteiger partial charge in [-0.25, -0.2) is 24.6 Å². The molecule has 0 bridgehead atoms. The number of hydrogen-bond acceptors (Lipinski definition) is 6. The molecule has 3 heterocycles. The zero-order chi connectivity index (χ0) is 47.3. The van der Waals surface area contributed by atoms with Gasteiger partial charge in [0.15, 0.2) is 28.8 Å². The van der Waals surface area contributed by atoms with Crippen LogP contribution in [0.5, 0.6) is 0 Å². The van der Waals surface area contributed by atoms with Gasteiger partial charge in [0.1, 0.15) is 11.2 Å². The van der Waals surface area contributed by atoms with Crippen LogP contribution >= 0.6 is 0 Å². The predicted molar refractivity (Wildman–Crippen MR) is 276 cm³/mol. The average Bonchev–Trinajstić information content (AvgIpc) is 3.98. The molecule has 0 aliphatic carbocycles. The maximum absolute atomic E-state index is 10.4. The molecule has 0 aliphatic heterocycles. The largest absolute Gasteiger partial charge is 0.455 e. The van der Waals surface area contributed by atoms with E-state index in [1.165, 1.54) is 0 Å². The highest BCUT2D eigenvalue weighted by Crippen LogP contribution is 2.44.